The van der Waals surface area contributed by atoms with Crippen LogP contribution in [0, 0.1) is 0 Å². The summed E-state index contributed by atoms with van der Waals surface area (Å²) in [6.07, 6.45) is -1.18. The summed E-state index contributed by atoms with van der Waals surface area (Å²) < 4.78 is 78.5. The maximum Gasteiger partial charge on any atom is 0.106 e. The minimum Gasteiger partial charge on any atom is -0.393 e. The highest BCUT2D eigenvalue weighted by atomic mass is 16.6. The molecule has 0 saturated carbocycles. The number of aliphatic hydroxyl groups excluding tert-OH is 15. The SMILES string of the molecule is C=C.C=O.C=O.CCC(O)CCOCC(O)CC.CCC(O)CCOCC(O)CCOCC(O)CCOCC(O)CC.CCC(O)COCCOCC(O)COCC(O)COCC(O)COCC(O)CC.CCC(O)COCCOCC(O)COCCOCC(O)COCCOCC(O)CC. The summed E-state index contributed by atoms with van der Waals surface area (Å²) in [5.74, 6) is 0. The Morgan fingerprint density at radius 3 is 0.436 bits per heavy atom. The van der Waals surface area contributed by atoms with Gasteiger partial charge in [0.1, 0.15) is 44.1 Å². The molecular weight excluding hydrogens is 1340 g/mol. The van der Waals surface area contributed by atoms with Crippen LogP contribution < -0.4 is 0 Å². The van der Waals surface area contributed by atoms with Gasteiger partial charge in [0.2, 0.25) is 0 Å². The first-order valence-electron chi connectivity index (χ1n) is 35.5. The average Bonchev–Trinajstić information content (AvgIpc) is 2.37. The lowest BCUT2D eigenvalue weighted by Gasteiger charge is -2.17. The molecule has 0 aromatic rings. The van der Waals surface area contributed by atoms with Gasteiger partial charge in [-0.15, -0.1) is 13.2 Å². The molecule has 0 rings (SSSR count). The zero-order chi connectivity index (χ0) is 78.0. The molecule has 15 unspecified atom stereocenters. The molecule has 0 aliphatic carbocycles. The third-order valence-corrected chi connectivity index (χ3v) is 13.2. The maximum atomic E-state index is 9.75. The minimum absolute atomic E-state index is 0.00266. The highest BCUT2D eigenvalue weighted by Crippen LogP contribution is 2.04. The third-order valence-electron chi connectivity index (χ3n) is 13.2. The molecule has 0 aromatic carbocycles. The summed E-state index contributed by atoms with van der Waals surface area (Å²) in [7, 11) is 0. The molecule has 15 atom stereocenters. The first kappa shape index (κ1) is 112. The van der Waals surface area contributed by atoms with Crippen molar-refractivity contribution in [1.82, 2.24) is 0 Å². The van der Waals surface area contributed by atoms with E-state index in [0.717, 1.165) is 12.8 Å². The number of carbonyl (C=O) groups is 2. The monoisotopic (exact) mass is 1490 g/mol. The van der Waals surface area contributed by atoms with Crippen LogP contribution in [-0.4, -0.2) is 380 Å². The van der Waals surface area contributed by atoms with E-state index in [-0.39, 0.29) is 144 Å². The fraction of sp³-hybridized carbons (Fsp3) is 0.942. The second kappa shape index (κ2) is 92.1. The van der Waals surface area contributed by atoms with Crippen molar-refractivity contribution in [2.24, 2.45) is 0 Å². The second-order valence-electron chi connectivity index (χ2n) is 22.7. The van der Waals surface area contributed by atoms with E-state index in [1.807, 2.05) is 69.0 Å². The molecule has 0 aliphatic rings. The Morgan fingerprint density at radius 1 is 0.168 bits per heavy atom. The average molecular weight is 1490 g/mol. The number of rotatable bonds is 68. The molecule has 0 amide bonds. The van der Waals surface area contributed by atoms with Crippen molar-refractivity contribution < 1.29 is 157 Å². The number of ether oxygens (including phenoxy) is 15. The lowest BCUT2D eigenvalue weighted by molar-refractivity contribution is -0.0987. The van der Waals surface area contributed by atoms with Crippen LogP contribution in [0.5, 0.6) is 0 Å². The zero-order valence-corrected chi connectivity index (χ0v) is 62.8. The Balaban J connectivity index is -0.000000235. The Hall–Kier alpha value is -2.12. The molecule has 0 radical (unpaired) electrons. The molecule has 0 aromatic heterocycles. The molecular formula is C69H146O32. The molecule has 0 saturated heterocycles. The topological polar surface area (TPSA) is 476 Å². The standard InChI is InChI=1S/C20H42O10.C19H40O10.C17H36O7.C9H20O3.C2H4.2CH2O/c1-3-17(21)11-25-5-7-27-13-19(23)15-29-9-10-30-16-20(24)14-28-8-6-26-12-18(22)4-2;1-3-15(20)7-25-5-6-26-9-17(22)10-28-13-19(24)14-29-12-18(23)11-27-8-16(21)4-2;1-3-14(18)5-8-23-12-17(21)7-10-24-13-16(20)6-9-22-11-15(19)4-2;1-3-8(10)5-6-12-7-9(11)4-2;3*1-2/h17-24H,3-16H2,1-2H3;15-24H,3-14H2,1-2H3;14-21H,3-13H2,1-2H3;8-11H,3-7H2,1-2H3;1-2H2;2*1H2. The predicted molar refractivity (Wildman–Crippen MR) is 379 cm³/mol. The summed E-state index contributed by atoms with van der Waals surface area (Å²) in [6.45, 7) is 32.0. The van der Waals surface area contributed by atoms with Gasteiger partial charge in [-0.25, -0.2) is 0 Å². The summed E-state index contributed by atoms with van der Waals surface area (Å²) in [5, 5.41) is 142. The van der Waals surface area contributed by atoms with Crippen molar-refractivity contribution in [2.75, 3.05) is 198 Å². The van der Waals surface area contributed by atoms with E-state index in [0.29, 0.717) is 137 Å². The third kappa shape index (κ3) is 97.9. The highest BCUT2D eigenvalue weighted by molar-refractivity contribution is 5.11. The fourth-order valence-corrected chi connectivity index (χ4v) is 6.52. The minimum atomic E-state index is -0.892. The van der Waals surface area contributed by atoms with Crippen molar-refractivity contribution in [2.45, 2.75) is 224 Å². The quantitative estimate of drug-likeness (QED) is 0.0279. The molecule has 32 heteroatoms. The van der Waals surface area contributed by atoms with Crippen LogP contribution >= 0.6 is 0 Å². The number of carbonyl (C=O) groups excluding carboxylic acids is 2. The molecule has 101 heavy (non-hydrogen) atoms. The molecule has 0 spiro atoms. The Bertz CT molecular complexity index is 1430. The number of aliphatic hydroxyl groups is 15. The molecule has 32 nitrogen and oxygen atoms in total. The zero-order valence-electron chi connectivity index (χ0n) is 62.8. The van der Waals surface area contributed by atoms with Crippen LogP contribution in [0.15, 0.2) is 13.2 Å². The van der Waals surface area contributed by atoms with Crippen LogP contribution in [0.3, 0.4) is 0 Å². The smallest absolute Gasteiger partial charge is 0.106 e. The van der Waals surface area contributed by atoms with Crippen molar-refractivity contribution in [3.8, 4) is 0 Å². The summed E-state index contributed by atoms with van der Waals surface area (Å²) in [6, 6.07) is 0. The predicted octanol–water partition coefficient (Wildman–Crippen LogP) is -0.119. The molecule has 0 heterocycles. The van der Waals surface area contributed by atoms with Crippen LogP contribution in [0.25, 0.3) is 0 Å². The Kier molecular flexibility index (Phi) is 102. The largest absolute Gasteiger partial charge is 0.393 e. The second-order valence-corrected chi connectivity index (χ2v) is 22.7. The van der Waals surface area contributed by atoms with Crippen LogP contribution in [0.2, 0.25) is 0 Å². The van der Waals surface area contributed by atoms with Gasteiger partial charge in [-0.2, -0.15) is 0 Å². The van der Waals surface area contributed by atoms with Crippen molar-refractivity contribution in [3.05, 3.63) is 13.2 Å². The van der Waals surface area contributed by atoms with E-state index in [9.17, 15) is 66.4 Å². The molecule has 15 N–H and O–H groups in total. The lowest BCUT2D eigenvalue weighted by atomic mass is 10.2. The van der Waals surface area contributed by atoms with Gasteiger partial charge in [-0.05, 0) is 77.0 Å². The van der Waals surface area contributed by atoms with E-state index >= 15 is 0 Å². The molecule has 0 aliphatic heterocycles. The normalized spacial score (nSPS) is 15.6. The first-order valence-corrected chi connectivity index (χ1v) is 35.5. The summed E-state index contributed by atoms with van der Waals surface area (Å²) in [4.78, 5) is 16.0. The van der Waals surface area contributed by atoms with Gasteiger partial charge in [-0.3, -0.25) is 0 Å². The van der Waals surface area contributed by atoms with E-state index in [2.05, 4.69) is 13.2 Å². The lowest BCUT2D eigenvalue weighted by Crippen LogP contribution is -2.30. The van der Waals surface area contributed by atoms with Gasteiger partial charge in [-0.1, -0.05) is 55.4 Å². The van der Waals surface area contributed by atoms with Gasteiger partial charge >= 0.3 is 0 Å². The van der Waals surface area contributed by atoms with Crippen molar-refractivity contribution >= 4 is 13.6 Å². The molecule has 0 fully saturated rings. The first-order chi connectivity index (χ1) is 48.6. The fourth-order valence-electron chi connectivity index (χ4n) is 6.52. The summed E-state index contributed by atoms with van der Waals surface area (Å²) >= 11 is 0. The van der Waals surface area contributed by atoms with Crippen LogP contribution in [-0.2, 0) is 80.6 Å². The van der Waals surface area contributed by atoms with E-state index < -0.39 is 73.2 Å². The van der Waals surface area contributed by atoms with Gasteiger partial charge in [0.25, 0.3) is 0 Å². The number of hydrogen-bond acceptors (Lipinski definition) is 32. The maximum absolute atomic E-state index is 9.75. The van der Waals surface area contributed by atoms with Gasteiger partial charge in [0.15, 0.2) is 0 Å². The highest BCUT2D eigenvalue weighted by Gasteiger charge is 2.14. The molecule has 0 bridgehead atoms. The van der Waals surface area contributed by atoms with Gasteiger partial charge < -0.3 is 157 Å². The van der Waals surface area contributed by atoms with Gasteiger partial charge in [0.05, 0.1) is 233 Å². The summed E-state index contributed by atoms with van der Waals surface area (Å²) in [5.41, 5.74) is 0. The van der Waals surface area contributed by atoms with Crippen molar-refractivity contribution in [1.29, 1.82) is 0 Å². The van der Waals surface area contributed by atoms with Crippen molar-refractivity contribution in [3.63, 3.8) is 0 Å². The Morgan fingerprint density at radius 2 is 0.277 bits per heavy atom. The Labute approximate surface area is 604 Å². The van der Waals surface area contributed by atoms with Crippen LogP contribution in [0.1, 0.15) is 132 Å². The number of hydrogen-bond donors (Lipinski definition) is 15. The molecule has 614 valence electrons. The van der Waals surface area contributed by atoms with E-state index in [1.165, 1.54) is 0 Å². The van der Waals surface area contributed by atoms with E-state index in [4.69, 9.17) is 90.9 Å². The van der Waals surface area contributed by atoms with E-state index in [1.54, 1.807) is 0 Å². The van der Waals surface area contributed by atoms with Gasteiger partial charge in [0, 0.05) is 26.4 Å². The van der Waals surface area contributed by atoms with Crippen LogP contribution in [0.4, 0.5) is 0 Å².